The molecule has 0 aliphatic heterocycles. The van der Waals surface area contributed by atoms with Gasteiger partial charge in [-0.3, -0.25) is 4.79 Å². The second kappa shape index (κ2) is 10.1. The summed E-state index contributed by atoms with van der Waals surface area (Å²) in [4.78, 5) is 21.2. The Morgan fingerprint density at radius 2 is 1.53 bits per heavy atom. The molecule has 38 heavy (non-hydrogen) atoms. The van der Waals surface area contributed by atoms with Crippen molar-refractivity contribution >= 4 is 5.97 Å². The fourth-order valence-corrected chi connectivity index (χ4v) is 10.8. The molecule has 1 heterocycles. The zero-order chi connectivity index (χ0) is 25.7. The van der Waals surface area contributed by atoms with Gasteiger partial charge in [0.2, 0.25) is 0 Å². The van der Waals surface area contributed by atoms with Crippen LogP contribution in [0.5, 0.6) is 6.01 Å². The van der Waals surface area contributed by atoms with Crippen LogP contribution in [0.3, 0.4) is 0 Å². The Labute approximate surface area is 227 Å². The number of carboxylic acids is 1. The van der Waals surface area contributed by atoms with Crippen molar-refractivity contribution in [1.82, 2.24) is 9.97 Å². The van der Waals surface area contributed by atoms with E-state index in [0.29, 0.717) is 12.3 Å². The first-order valence-corrected chi connectivity index (χ1v) is 15.6. The Morgan fingerprint density at radius 3 is 2.34 bits per heavy atom. The quantitative estimate of drug-likeness (QED) is 0.428. The largest absolute Gasteiger partial charge is 0.481 e. The van der Waals surface area contributed by atoms with E-state index in [2.05, 4.69) is 34.3 Å². The van der Waals surface area contributed by atoms with E-state index >= 15 is 0 Å². The topological polar surface area (TPSA) is 72.3 Å². The van der Waals surface area contributed by atoms with Crippen molar-refractivity contribution in [3.8, 4) is 6.01 Å². The van der Waals surface area contributed by atoms with Gasteiger partial charge in [-0.2, -0.15) is 0 Å². The van der Waals surface area contributed by atoms with Crippen LogP contribution >= 0.6 is 0 Å². The van der Waals surface area contributed by atoms with Gasteiger partial charge in [-0.1, -0.05) is 24.3 Å². The highest BCUT2D eigenvalue weighted by Crippen LogP contribution is 2.61. The van der Waals surface area contributed by atoms with Crippen molar-refractivity contribution in [2.45, 2.75) is 77.0 Å². The molecular weight excluding hydrogens is 472 g/mol. The lowest BCUT2D eigenvalue weighted by molar-refractivity contribution is -0.158. The lowest BCUT2D eigenvalue weighted by Gasteiger charge is -2.57. The molecule has 7 rings (SSSR count). The summed E-state index contributed by atoms with van der Waals surface area (Å²) < 4.78 is 5.95. The number of rotatable bonds is 5. The van der Waals surface area contributed by atoms with E-state index in [9.17, 15) is 9.90 Å². The van der Waals surface area contributed by atoms with Gasteiger partial charge in [-0.05, 0) is 142 Å². The van der Waals surface area contributed by atoms with Crippen LogP contribution in [0, 0.1) is 64.6 Å². The highest BCUT2D eigenvalue weighted by molar-refractivity contribution is 5.76. The second-order valence-electron chi connectivity index (χ2n) is 13.7. The van der Waals surface area contributed by atoms with Crippen LogP contribution in [0.25, 0.3) is 0 Å². The minimum atomic E-state index is -0.894. The number of aliphatic carboxylic acids is 1. The van der Waals surface area contributed by atoms with Crippen LogP contribution in [-0.2, 0) is 4.79 Å². The molecule has 0 amide bonds. The lowest BCUT2D eigenvalue weighted by atomic mass is 9.48. The molecule has 0 spiro atoms. The second-order valence-corrected chi connectivity index (χ2v) is 13.7. The van der Waals surface area contributed by atoms with Gasteiger partial charge < -0.3 is 9.84 Å². The average molecular weight is 517 g/mol. The first kappa shape index (κ1) is 24.8. The first-order chi connectivity index (χ1) is 18.6. The highest BCUT2D eigenvalue weighted by atomic mass is 16.5. The number of nitrogens with zero attached hydrogens (tertiary/aromatic N) is 2. The van der Waals surface area contributed by atoms with Crippen LogP contribution < -0.4 is 4.74 Å². The summed E-state index contributed by atoms with van der Waals surface area (Å²) in [5, 5.41) is 10.6. The summed E-state index contributed by atoms with van der Waals surface area (Å²) in [6.07, 6.45) is 27.8. The third-order valence-electron chi connectivity index (χ3n) is 12.4. The molecule has 11 unspecified atom stereocenters. The molecule has 0 saturated heterocycles. The third-order valence-corrected chi connectivity index (χ3v) is 12.4. The molecule has 204 valence electrons. The summed E-state index contributed by atoms with van der Waals surface area (Å²) in [7, 11) is 0. The number of carbonyl (C=O) groups is 1. The minimum absolute atomic E-state index is 0.0250. The summed E-state index contributed by atoms with van der Waals surface area (Å²) in [5.41, 5.74) is -0.894. The van der Waals surface area contributed by atoms with Gasteiger partial charge in [-0.25, -0.2) is 9.97 Å². The molecule has 5 heteroatoms. The van der Waals surface area contributed by atoms with Crippen molar-refractivity contribution in [3.05, 3.63) is 42.8 Å². The highest BCUT2D eigenvalue weighted by Gasteiger charge is 2.55. The number of hydrogen-bond donors (Lipinski definition) is 1. The fraction of sp³-hybridized carbons (Fsp3) is 0.727. The summed E-state index contributed by atoms with van der Waals surface area (Å²) in [6.45, 7) is 0.150. The van der Waals surface area contributed by atoms with Crippen LogP contribution in [0.15, 0.2) is 42.8 Å². The van der Waals surface area contributed by atoms with Gasteiger partial charge >= 0.3 is 12.0 Å². The molecule has 0 bridgehead atoms. The molecule has 4 saturated carbocycles. The van der Waals surface area contributed by atoms with Crippen LogP contribution in [0.2, 0.25) is 0 Å². The van der Waals surface area contributed by atoms with Crippen LogP contribution in [0.1, 0.15) is 77.0 Å². The summed E-state index contributed by atoms with van der Waals surface area (Å²) in [6, 6.07) is 2.03. The zero-order valence-electron chi connectivity index (χ0n) is 22.7. The number of allylic oxidation sites excluding steroid dienone is 4. The fourth-order valence-electron chi connectivity index (χ4n) is 10.8. The maximum Gasteiger partial charge on any atom is 0.316 e. The standard InChI is InChI=1S/C33H44N2O3/c36-31(37)33(20-38-32-34-17-4-18-35-32)16-2-1-7-30(33)23-10-11-25-22(19-23)9-13-29-27(25)15-14-26-24-6-3-5-21(24)8-12-28(26)29/h1,3-5,7,17-18,21-30H,2,6,8-16,19-20H2,(H,36,37). The molecule has 0 radical (unpaired) electrons. The molecule has 1 N–H and O–H groups in total. The van der Waals surface area contributed by atoms with E-state index in [1.165, 1.54) is 64.2 Å². The number of aromatic nitrogens is 2. The monoisotopic (exact) mass is 516 g/mol. The molecule has 1 aromatic heterocycles. The predicted octanol–water partition coefficient (Wildman–Crippen LogP) is 6.96. The van der Waals surface area contributed by atoms with Crippen LogP contribution in [-0.4, -0.2) is 27.7 Å². The van der Waals surface area contributed by atoms with Gasteiger partial charge in [0.15, 0.2) is 0 Å². The Bertz CT molecular complexity index is 1070. The molecule has 6 aliphatic rings. The Kier molecular flexibility index (Phi) is 6.60. The Morgan fingerprint density at radius 1 is 0.842 bits per heavy atom. The predicted molar refractivity (Wildman–Crippen MR) is 146 cm³/mol. The van der Waals surface area contributed by atoms with E-state index in [0.717, 1.165) is 53.8 Å². The normalized spacial score (nSPS) is 45.4. The minimum Gasteiger partial charge on any atom is -0.481 e. The van der Waals surface area contributed by atoms with Gasteiger partial charge in [0, 0.05) is 12.4 Å². The van der Waals surface area contributed by atoms with Gasteiger partial charge in [-0.15, -0.1) is 0 Å². The summed E-state index contributed by atoms with van der Waals surface area (Å²) >= 11 is 0. The molecule has 6 aliphatic carbocycles. The molecular formula is C33H44N2O3. The average Bonchev–Trinajstić information content (AvgIpc) is 3.45. The third kappa shape index (κ3) is 4.14. The van der Waals surface area contributed by atoms with Crippen molar-refractivity contribution in [2.75, 3.05) is 6.61 Å². The number of carboxylic acid groups (broad SMARTS) is 1. The Hall–Kier alpha value is -2.17. The Balaban J connectivity index is 1.06. The zero-order valence-corrected chi connectivity index (χ0v) is 22.7. The van der Waals surface area contributed by atoms with Gasteiger partial charge in [0.05, 0.1) is 0 Å². The lowest BCUT2D eigenvalue weighted by Crippen LogP contribution is -2.51. The number of ether oxygens (including phenoxy) is 1. The van der Waals surface area contributed by atoms with E-state index < -0.39 is 11.4 Å². The molecule has 0 aromatic carbocycles. The van der Waals surface area contributed by atoms with E-state index in [-0.39, 0.29) is 18.5 Å². The van der Waals surface area contributed by atoms with Gasteiger partial charge in [0.1, 0.15) is 12.0 Å². The maximum absolute atomic E-state index is 12.9. The van der Waals surface area contributed by atoms with Crippen molar-refractivity contribution in [2.24, 2.45) is 64.6 Å². The molecule has 5 nitrogen and oxygen atoms in total. The number of fused-ring (bicyclic) bond motifs is 7. The van der Waals surface area contributed by atoms with Crippen molar-refractivity contribution in [3.63, 3.8) is 0 Å². The smallest absolute Gasteiger partial charge is 0.316 e. The van der Waals surface area contributed by atoms with E-state index in [4.69, 9.17) is 4.74 Å². The van der Waals surface area contributed by atoms with Gasteiger partial charge in [0.25, 0.3) is 0 Å². The SMILES string of the molecule is O=C(O)C1(COc2ncccn2)CCC=CC1C1CCC2C(CCC3C2CCC2C4CC=CC4CCC23)C1. The van der Waals surface area contributed by atoms with Crippen molar-refractivity contribution in [1.29, 1.82) is 0 Å². The summed E-state index contributed by atoms with van der Waals surface area (Å²) in [5.74, 6) is 7.05. The van der Waals surface area contributed by atoms with E-state index in [1.54, 1.807) is 18.5 Å². The van der Waals surface area contributed by atoms with E-state index in [1.807, 2.05) is 0 Å². The first-order valence-electron chi connectivity index (χ1n) is 15.6. The molecule has 1 aromatic rings. The maximum atomic E-state index is 12.9. The van der Waals surface area contributed by atoms with Crippen LogP contribution in [0.4, 0.5) is 0 Å². The van der Waals surface area contributed by atoms with Crippen molar-refractivity contribution < 1.29 is 14.6 Å². The molecule has 11 atom stereocenters. The molecule has 4 fully saturated rings. The number of hydrogen-bond acceptors (Lipinski definition) is 4.